The molecular weight excluding hydrogens is 280 g/mol. The average molecular weight is 300 g/mol. The Morgan fingerprint density at radius 2 is 1.86 bits per heavy atom. The summed E-state index contributed by atoms with van der Waals surface area (Å²) in [4.78, 5) is 23.3. The molecule has 1 amide bonds. The highest BCUT2D eigenvalue weighted by Gasteiger charge is 2.09. The van der Waals surface area contributed by atoms with Crippen LogP contribution in [0.25, 0.3) is 0 Å². The van der Waals surface area contributed by atoms with E-state index in [2.05, 4.69) is 20.7 Å². The zero-order valence-electron chi connectivity index (χ0n) is 13.0. The van der Waals surface area contributed by atoms with Crippen molar-refractivity contribution in [3.8, 4) is 0 Å². The number of rotatable bonds is 5. The molecule has 1 aromatic carbocycles. The third-order valence-corrected chi connectivity index (χ3v) is 3.51. The van der Waals surface area contributed by atoms with Gasteiger partial charge >= 0.3 is 0 Å². The van der Waals surface area contributed by atoms with Gasteiger partial charge in [-0.25, -0.2) is 5.43 Å². The highest BCUT2D eigenvalue weighted by atomic mass is 16.2. The van der Waals surface area contributed by atoms with E-state index in [4.69, 9.17) is 0 Å². The van der Waals surface area contributed by atoms with Crippen LogP contribution in [0.4, 0.5) is 0 Å². The van der Waals surface area contributed by atoms with Crippen molar-refractivity contribution in [1.82, 2.24) is 15.6 Å². The summed E-state index contributed by atoms with van der Waals surface area (Å²) < 4.78 is 0. The predicted molar refractivity (Wildman–Crippen MR) is 86.0 cm³/mol. The van der Waals surface area contributed by atoms with Gasteiger partial charge in [-0.2, -0.15) is 5.10 Å². The van der Waals surface area contributed by atoms with Gasteiger partial charge in [0.2, 0.25) is 5.91 Å². The second-order valence-electron chi connectivity index (χ2n) is 5.28. The Balaban J connectivity index is 1.91. The molecule has 0 atom stereocenters. The van der Waals surface area contributed by atoms with Crippen molar-refractivity contribution in [2.24, 2.45) is 5.10 Å². The number of amides is 1. The molecule has 0 aliphatic heterocycles. The molecule has 0 unspecified atom stereocenters. The molecule has 0 aliphatic carbocycles. The van der Waals surface area contributed by atoms with Crippen molar-refractivity contribution in [3.05, 3.63) is 57.0 Å². The zero-order chi connectivity index (χ0) is 16.1. The van der Waals surface area contributed by atoms with E-state index in [-0.39, 0.29) is 17.9 Å². The Kier molecular flexibility index (Phi) is 4.93. The molecule has 22 heavy (non-hydrogen) atoms. The van der Waals surface area contributed by atoms with Crippen LogP contribution in [-0.4, -0.2) is 21.8 Å². The summed E-state index contributed by atoms with van der Waals surface area (Å²) >= 11 is 0. The van der Waals surface area contributed by atoms with Gasteiger partial charge in [0.25, 0.3) is 5.56 Å². The van der Waals surface area contributed by atoms with Crippen LogP contribution in [0.3, 0.4) is 0 Å². The standard InChI is InChI=1S/C16H20N4O2/c1-10-4-6-13(7-5-10)11(2)17-19-15(21)9-8-14-12(3)18-20-16(14)22/h4-7H,8-9H2,1-3H3,(H,19,21)(H2,18,20,22)/b17-11-. The molecule has 0 bridgehead atoms. The second kappa shape index (κ2) is 6.89. The maximum Gasteiger partial charge on any atom is 0.267 e. The summed E-state index contributed by atoms with van der Waals surface area (Å²) in [5.41, 5.74) is 6.59. The SMILES string of the molecule is C/C(=N/NC(=O)CCc1c(C)[nH][nH]c1=O)c1ccc(C)cc1. The van der Waals surface area contributed by atoms with Crippen LogP contribution >= 0.6 is 0 Å². The maximum absolute atomic E-state index is 11.8. The van der Waals surface area contributed by atoms with Crippen molar-refractivity contribution >= 4 is 11.6 Å². The number of carbonyl (C=O) groups excluding carboxylic acids is 1. The van der Waals surface area contributed by atoms with Gasteiger partial charge < -0.3 is 5.10 Å². The first kappa shape index (κ1) is 15.8. The van der Waals surface area contributed by atoms with Gasteiger partial charge in [-0.3, -0.25) is 14.7 Å². The summed E-state index contributed by atoms with van der Waals surface area (Å²) in [7, 11) is 0. The lowest BCUT2D eigenvalue weighted by Gasteiger charge is -2.03. The summed E-state index contributed by atoms with van der Waals surface area (Å²) in [6, 6.07) is 7.92. The number of hydrogen-bond acceptors (Lipinski definition) is 3. The molecule has 116 valence electrons. The number of nitrogens with one attached hydrogen (secondary N) is 3. The first-order valence-corrected chi connectivity index (χ1v) is 7.13. The predicted octanol–water partition coefficient (Wildman–Crippen LogP) is 1.79. The smallest absolute Gasteiger partial charge is 0.267 e. The fourth-order valence-electron chi connectivity index (χ4n) is 2.07. The summed E-state index contributed by atoms with van der Waals surface area (Å²) in [5.74, 6) is -0.216. The van der Waals surface area contributed by atoms with Crippen LogP contribution < -0.4 is 11.0 Å². The molecule has 2 aromatic rings. The molecule has 1 aromatic heterocycles. The molecule has 0 saturated carbocycles. The Morgan fingerprint density at radius 1 is 1.18 bits per heavy atom. The lowest BCUT2D eigenvalue weighted by molar-refractivity contribution is -0.121. The first-order chi connectivity index (χ1) is 10.5. The Labute approximate surface area is 128 Å². The van der Waals surface area contributed by atoms with Gasteiger partial charge in [-0.05, 0) is 32.8 Å². The van der Waals surface area contributed by atoms with E-state index >= 15 is 0 Å². The summed E-state index contributed by atoms with van der Waals surface area (Å²) in [6.07, 6.45) is 0.599. The van der Waals surface area contributed by atoms with E-state index in [1.165, 1.54) is 5.56 Å². The van der Waals surface area contributed by atoms with Gasteiger partial charge in [0.05, 0.1) is 5.71 Å². The molecule has 2 rings (SSSR count). The van der Waals surface area contributed by atoms with Gasteiger partial charge in [0.1, 0.15) is 0 Å². The third kappa shape index (κ3) is 3.94. The van der Waals surface area contributed by atoms with E-state index in [9.17, 15) is 9.59 Å². The van der Waals surface area contributed by atoms with Crippen molar-refractivity contribution in [1.29, 1.82) is 0 Å². The van der Waals surface area contributed by atoms with Gasteiger partial charge in [0, 0.05) is 17.7 Å². The van der Waals surface area contributed by atoms with E-state index < -0.39 is 0 Å². The second-order valence-corrected chi connectivity index (χ2v) is 5.28. The number of aromatic amines is 2. The molecule has 6 heteroatoms. The van der Waals surface area contributed by atoms with Crippen LogP contribution in [0.15, 0.2) is 34.2 Å². The maximum atomic E-state index is 11.8. The van der Waals surface area contributed by atoms with Crippen molar-refractivity contribution < 1.29 is 4.79 Å². The Hall–Kier alpha value is -2.63. The molecule has 3 N–H and O–H groups in total. The van der Waals surface area contributed by atoms with Crippen LogP contribution in [0.2, 0.25) is 0 Å². The lowest BCUT2D eigenvalue weighted by atomic mass is 10.1. The number of H-pyrrole nitrogens is 2. The quantitative estimate of drug-likeness (QED) is 0.580. The Bertz CT molecular complexity index is 738. The van der Waals surface area contributed by atoms with Crippen LogP contribution in [0.5, 0.6) is 0 Å². The Morgan fingerprint density at radius 3 is 2.45 bits per heavy atom. The summed E-state index contributed by atoms with van der Waals surface area (Å²) in [5, 5.41) is 9.33. The van der Waals surface area contributed by atoms with Crippen LogP contribution in [0.1, 0.15) is 35.7 Å². The number of nitrogens with zero attached hydrogens (tertiary/aromatic N) is 1. The third-order valence-electron chi connectivity index (χ3n) is 3.51. The van der Waals surface area contributed by atoms with Gasteiger partial charge in [0.15, 0.2) is 0 Å². The van der Waals surface area contributed by atoms with Gasteiger partial charge in [-0.1, -0.05) is 29.8 Å². The molecule has 0 aliphatic rings. The fourth-order valence-corrected chi connectivity index (χ4v) is 2.07. The number of aryl methyl sites for hydroxylation is 2. The van der Waals surface area contributed by atoms with Crippen molar-refractivity contribution in [3.63, 3.8) is 0 Å². The zero-order valence-corrected chi connectivity index (χ0v) is 13.0. The minimum atomic E-state index is -0.216. The number of carbonyl (C=O) groups is 1. The monoisotopic (exact) mass is 300 g/mol. The fraction of sp³-hybridized carbons (Fsp3) is 0.312. The van der Waals surface area contributed by atoms with Crippen LogP contribution in [-0.2, 0) is 11.2 Å². The van der Waals surface area contributed by atoms with E-state index in [0.29, 0.717) is 12.0 Å². The van der Waals surface area contributed by atoms with Crippen LogP contribution in [0, 0.1) is 13.8 Å². The minimum Gasteiger partial charge on any atom is -0.302 e. The molecule has 1 heterocycles. The number of hydrogen-bond donors (Lipinski definition) is 3. The molecular formula is C16H20N4O2. The van der Waals surface area contributed by atoms with E-state index in [0.717, 1.165) is 17.0 Å². The van der Waals surface area contributed by atoms with Crippen molar-refractivity contribution in [2.75, 3.05) is 0 Å². The largest absolute Gasteiger partial charge is 0.302 e. The highest BCUT2D eigenvalue weighted by molar-refractivity contribution is 5.99. The van der Waals surface area contributed by atoms with Gasteiger partial charge in [-0.15, -0.1) is 0 Å². The van der Waals surface area contributed by atoms with Crippen molar-refractivity contribution in [2.45, 2.75) is 33.6 Å². The highest BCUT2D eigenvalue weighted by Crippen LogP contribution is 2.04. The summed E-state index contributed by atoms with van der Waals surface area (Å²) in [6.45, 7) is 5.65. The molecule has 0 saturated heterocycles. The number of hydrazone groups is 1. The number of benzene rings is 1. The topological polar surface area (TPSA) is 90.1 Å². The molecule has 0 spiro atoms. The molecule has 0 fully saturated rings. The normalized spacial score (nSPS) is 11.5. The minimum absolute atomic E-state index is 0.176. The van der Waals surface area contributed by atoms with E-state index in [1.807, 2.05) is 38.1 Å². The average Bonchev–Trinajstić information content (AvgIpc) is 2.82. The molecule has 0 radical (unpaired) electrons. The number of aromatic nitrogens is 2. The lowest BCUT2D eigenvalue weighted by Crippen LogP contribution is -2.20. The van der Waals surface area contributed by atoms with E-state index in [1.54, 1.807) is 6.92 Å². The first-order valence-electron chi connectivity index (χ1n) is 7.13. The molecule has 6 nitrogen and oxygen atoms in total.